The SMILES string of the molecule is CCc1cc(C)cc(Cc2cc(C)cc(C)c2OCC(=O)OC)c1OCC(=O)OC. The first kappa shape index (κ1) is 23.3. The lowest BCUT2D eigenvalue weighted by Gasteiger charge is -2.19. The minimum atomic E-state index is -0.438. The molecule has 0 bridgehead atoms. The van der Waals surface area contributed by atoms with E-state index in [1.54, 1.807) is 0 Å². The van der Waals surface area contributed by atoms with E-state index in [9.17, 15) is 9.59 Å². The third kappa shape index (κ3) is 5.99. The monoisotopic (exact) mass is 414 g/mol. The van der Waals surface area contributed by atoms with Gasteiger partial charge in [-0.3, -0.25) is 0 Å². The van der Waals surface area contributed by atoms with Gasteiger partial charge in [-0.2, -0.15) is 0 Å². The molecule has 0 heterocycles. The fraction of sp³-hybridized carbons (Fsp3) is 0.417. The van der Waals surface area contributed by atoms with Gasteiger partial charge >= 0.3 is 11.9 Å². The van der Waals surface area contributed by atoms with E-state index in [-0.39, 0.29) is 13.2 Å². The summed E-state index contributed by atoms with van der Waals surface area (Å²) in [4.78, 5) is 23.2. The van der Waals surface area contributed by atoms with E-state index in [2.05, 4.69) is 6.07 Å². The molecule has 0 aliphatic carbocycles. The third-order valence-corrected chi connectivity index (χ3v) is 4.77. The van der Waals surface area contributed by atoms with Crippen LogP contribution in [0.3, 0.4) is 0 Å². The zero-order valence-corrected chi connectivity index (χ0v) is 18.6. The van der Waals surface area contributed by atoms with E-state index in [0.29, 0.717) is 17.9 Å². The van der Waals surface area contributed by atoms with Crippen molar-refractivity contribution in [2.24, 2.45) is 0 Å². The predicted molar refractivity (Wildman–Crippen MR) is 114 cm³/mol. The number of carbonyl (C=O) groups is 2. The molecule has 6 heteroatoms. The summed E-state index contributed by atoms with van der Waals surface area (Å²) in [6.07, 6.45) is 1.30. The van der Waals surface area contributed by atoms with Crippen LogP contribution in [-0.2, 0) is 31.9 Å². The first-order valence-corrected chi connectivity index (χ1v) is 9.90. The normalized spacial score (nSPS) is 10.5. The molecule has 0 saturated carbocycles. The van der Waals surface area contributed by atoms with Gasteiger partial charge in [-0.15, -0.1) is 0 Å². The van der Waals surface area contributed by atoms with Crippen LogP contribution < -0.4 is 9.47 Å². The minimum absolute atomic E-state index is 0.155. The maximum atomic E-state index is 11.6. The van der Waals surface area contributed by atoms with Crippen LogP contribution in [0.15, 0.2) is 24.3 Å². The van der Waals surface area contributed by atoms with Crippen molar-refractivity contribution >= 4 is 11.9 Å². The van der Waals surface area contributed by atoms with Gasteiger partial charge < -0.3 is 18.9 Å². The summed E-state index contributed by atoms with van der Waals surface area (Å²) in [5, 5.41) is 0. The Kier molecular flexibility index (Phi) is 8.27. The molecule has 0 radical (unpaired) electrons. The summed E-state index contributed by atoms with van der Waals surface area (Å²) in [6, 6.07) is 8.16. The van der Waals surface area contributed by atoms with Gasteiger partial charge in [0.1, 0.15) is 11.5 Å². The predicted octanol–water partition coefficient (Wildman–Crippen LogP) is 3.87. The number of hydrogen-bond donors (Lipinski definition) is 0. The number of ether oxygens (including phenoxy) is 4. The molecule has 2 aromatic carbocycles. The standard InChI is InChI=1S/C24H30O6/c1-7-18-9-16(3)11-20(24(18)30-14-22(26)28-6)12-19-10-15(2)8-17(4)23(19)29-13-21(25)27-5/h8-11H,7,12-14H2,1-6H3. The average Bonchev–Trinajstić information content (AvgIpc) is 2.71. The molecule has 0 aliphatic heterocycles. The first-order valence-electron chi connectivity index (χ1n) is 9.90. The molecule has 162 valence electrons. The van der Waals surface area contributed by atoms with E-state index < -0.39 is 11.9 Å². The molecule has 6 nitrogen and oxygen atoms in total. The van der Waals surface area contributed by atoms with Gasteiger partial charge in [0.05, 0.1) is 14.2 Å². The second kappa shape index (κ2) is 10.7. The number of methoxy groups -OCH3 is 2. The van der Waals surface area contributed by atoms with Crippen molar-refractivity contribution in [2.45, 2.75) is 40.5 Å². The van der Waals surface area contributed by atoms with Gasteiger partial charge in [0, 0.05) is 6.42 Å². The Morgan fingerprint density at radius 1 is 0.733 bits per heavy atom. The van der Waals surface area contributed by atoms with Crippen LogP contribution in [0.2, 0.25) is 0 Å². The van der Waals surface area contributed by atoms with Crippen molar-refractivity contribution in [3.8, 4) is 11.5 Å². The van der Waals surface area contributed by atoms with Crippen molar-refractivity contribution in [1.29, 1.82) is 0 Å². The molecule has 0 atom stereocenters. The molecule has 0 amide bonds. The molecule has 0 aromatic heterocycles. The summed E-state index contributed by atoms with van der Waals surface area (Å²) in [6.45, 7) is 7.73. The number of carbonyl (C=O) groups excluding carboxylic acids is 2. The summed E-state index contributed by atoms with van der Waals surface area (Å²) >= 11 is 0. The zero-order chi connectivity index (χ0) is 22.3. The van der Waals surface area contributed by atoms with E-state index in [0.717, 1.165) is 39.8 Å². The number of benzene rings is 2. The Hall–Kier alpha value is -3.02. The Balaban J connectivity index is 2.46. The van der Waals surface area contributed by atoms with Crippen LogP contribution in [0, 0.1) is 20.8 Å². The highest BCUT2D eigenvalue weighted by Gasteiger charge is 2.17. The van der Waals surface area contributed by atoms with E-state index in [4.69, 9.17) is 18.9 Å². The van der Waals surface area contributed by atoms with E-state index in [1.807, 2.05) is 45.9 Å². The van der Waals surface area contributed by atoms with Crippen LogP contribution in [0.1, 0.15) is 40.3 Å². The number of rotatable bonds is 9. The van der Waals surface area contributed by atoms with Gasteiger partial charge in [0.15, 0.2) is 13.2 Å². The van der Waals surface area contributed by atoms with Gasteiger partial charge in [-0.05, 0) is 49.4 Å². The van der Waals surface area contributed by atoms with Crippen LogP contribution in [0.25, 0.3) is 0 Å². The number of esters is 2. The Morgan fingerprint density at radius 2 is 1.20 bits per heavy atom. The van der Waals surface area contributed by atoms with Crippen molar-refractivity contribution in [2.75, 3.05) is 27.4 Å². The highest BCUT2D eigenvalue weighted by Crippen LogP contribution is 2.33. The second-order valence-electron chi connectivity index (χ2n) is 7.24. The fourth-order valence-electron chi connectivity index (χ4n) is 3.47. The molecule has 30 heavy (non-hydrogen) atoms. The molecule has 2 aromatic rings. The van der Waals surface area contributed by atoms with Gasteiger partial charge in [-0.25, -0.2) is 9.59 Å². The second-order valence-corrected chi connectivity index (χ2v) is 7.24. The maximum Gasteiger partial charge on any atom is 0.343 e. The van der Waals surface area contributed by atoms with Crippen molar-refractivity contribution in [3.63, 3.8) is 0 Å². The van der Waals surface area contributed by atoms with Crippen LogP contribution in [0.5, 0.6) is 11.5 Å². The quantitative estimate of drug-likeness (QED) is 0.580. The third-order valence-electron chi connectivity index (χ3n) is 4.77. The highest BCUT2D eigenvalue weighted by atomic mass is 16.6. The molecule has 0 spiro atoms. The van der Waals surface area contributed by atoms with E-state index in [1.165, 1.54) is 14.2 Å². The van der Waals surface area contributed by atoms with Crippen molar-refractivity contribution in [1.82, 2.24) is 0 Å². The molecule has 0 fully saturated rings. The fourth-order valence-corrected chi connectivity index (χ4v) is 3.47. The average molecular weight is 414 g/mol. The Morgan fingerprint density at radius 3 is 1.73 bits per heavy atom. The molecule has 0 aliphatic rings. The van der Waals surface area contributed by atoms with Crippen LogP contribution in [0.4, 0.5) is 0 Å². The first-order chi connectivity index (χ1) is 14.3. The summed E-state index contributed by atoms with van der Waals surface area (Å²) in [5.74, 6) is 0.472. The molecular weight excluding hydrogens is 384 g/mol. The maximum absolute atomic E-state index is 11.6. The summed E-state index contributed by atoms with van der Waals surface area (Å²) < 4.78 is 21.1. The number of aryl methyl sites for hydroxylation is 4. The minimum Gasteiger partial charge on any atom is -0.481 e. The lowest BCUT2D eigenvalue weighted by molar-refractivity contribution is -0.143. The van der Waals surface area contributed by atoms with Gasteiger partial charge in [0.25, 0.3) is 0 Å². The molecule has 0 saturated heterocycles. The molecule has 0 unspecified atom stereocenters. The molecular formula is C24H30O6. The summed E-state index contributed by atoms with van der Waals surface area (Å²) in [7, 11) is 2.67. The topological polar surface area (TPSA) is 71.1 Å². The van der Waals surface area contributed by atoms with Crippen molar-refractivity contribution < 1.29 is 28.5 Å². The van der Waals surface area contributed by atoms with Crippen LogP contribution in [-0.4, -0.2) is 39.4 Å². The lowest BCUT2D eigenvalue weighted by atomic mass is 9.95. The van der Waals surface area contributed by atoms with Crippen LogP contribution >= 0.6 is 0 Å². The highest BCUT2D eigenvalue weighted by molar-refractivity contribution is 5.71. The zero-order valence-electron chi connectivity index (χ0n) is 18.6. The van der Waals surface area contributed by atoms with Gasteiger partial charge in [0.2, 0.25) is 0 Å². The molecule has 2 rings (SSSR count). The Bertz CT molecular complexity index is 916. The summed E-state index contributed by atoms with van der Waals surface area (Å²) in [5.41, 5.74) is 6.04. The molecule has 0 N–H and O–H groups in total. The largest absolute Gasteiger partial charge is 0.481 e. The number of hydrogen-bond acceptors (Lipinski definition) is 6. The van der Waals surface area contributed by atoms with Crippen molar-refractivity contribution in [3.05, 3.63) is 57.6 Å². The smallest absolute Gasteiger partial charge is 0.343 e. The lowest BCUT2D eigenvalue weighted by Crippen LogP contribution is -2.15. The van der Waals surface area contributed by atoms with E-state index >= 15 is 0 Å². The van der Waals surface area contributed by atoms with Gasteiger partial charge in [-0.1, -0.05) is 42.3 Å². The Labute approximate surface area is 178 Å².